The summed E-state index contributed by atoms with van der Waals surface area (Å²) in [5, 5.41) is 3.43. The molecule has 0 aliphatic carbocycles. The van der Waals surface area contributed by atoms with Crippen molar-refractivity contribution < 1.29 is 0 Å². The monoisotopic (exact) mass is 217 g/mol. The van der Waals surface area contributed by atoms with Gasteiger partial charge in [0.1, 0.15) is 5.65 Å². The molecule has 0 aromatic carbocycles. The van der Waals surface area contributed by atoms with E-state index in [1.807, 2.05) is 24.4 Å². The minimum absolute atomic E-state index is 0.709. The van der Waals surface area contributed by atoms with Gasteiger partial charge in [-0.15, -0.1) is 0 Å². The molecule has 3 nitrogen and oxygen atoms in total. The van der Waals surface area contributed by atoms with Gasteiger partial charge in [-0.1, -0.05) is 19.9 Å². The van der Waals surface area contributed by atoms with Crippen LogP contribution in [0.2, 0.25) is 0 Å². The molecule has 0 spiro atoms. The standard InChI is InChI=1S/C13H19N3/c1-11(2)9-14-7-6-12-10-16-8-4-3-5-13(16)15-12/h3-5,8,10-11,14H,6-7,9H2,1-2H3. The molecule has 0 saturated carbocycles. The summed E-state index contributed by atoms with van der Waals surface area (Å²) in [6, 6.07) is 6.07. The van der Waals surface area contributed by atoms with Crippen LogP contribution in [0, 0.1) is 5.92 Å². The second-order valence-corrected chi connectivity index (χ2v) is 4.55. The van der Waals surface area contributed by atoms with Crippen molar-refractivity contribution in [3.63, 3.8) is 0 Å². The first-order valence-electron chi connectivity index (χ1n) is 5.89. The Bertz CT molecular complexity index is 412. The van der Waals surface area contributed by atoms with E-state index >= 15 is 0 Å². The van der Waals surface area contributed by atoms with Crippen molar-refractivity contribution in [1.29, 1.82) is 0 Å². The average Bonchev–Trinajstić information content (AvgIpc) is 2.66. The molecule has 0 aliphatic heterocycles. The smallest absolute Gasteiger partial charge is 0.136 e. The van der Waals surface area contributed by atoms with Gasteiger partial charge in [-0.3, -0.25) is 0 Å². The van der Waals surface area contributed by atoms with Crippen LogP contribution in [-0.4, -0.2) is 22.5 Å². The molecule has 0 saturated heterocycles. The Kier molecular flexibility index (Phi) is 3.57. The Morgan fingerprint density at radius 2 is 2.25 bits per heavy atom. The number of imidazole rings is 1. The molecule has 2 heterocycles. The lowest BCUT2D eigenvalue weighted by atomic mass is 10.2. The summed E-state index contributed by atoms with van der Waals surface area (Å²) in [7, 11) is 0. The van der Waals surface area contributed by atoms with Gasteiger partial charge in [0.2, 0.25) is 0 Å². The van der Waals surface area contributed by atoms with Crippen LogP contribution in [0.4, 0.5) is 0 Å². The highest BCUT2D eigenvalue weighted by atomic mass is 15.0. The number of nitrogens with zero attached hydrogens (tertiary/aromatic N) is 2. The third kappa shape index (κ3) is 2.83. The van der Waals surface area contributed by atoms with Crippen molar-refractivity contribution in [3.05, 3.63) is 36.3 Å². The Morgan fingerprint density at radius 1 is 1.38 bits per heavy atom. The van der Waals surface area contributed by atoms with Gasteiger partial charge in [-0.05, 0) is 24.6 Å². The molecule has 16 heavy (non-hydrogen) atoms. The fraction of sp³-hybridized carbons (Fsp3) is 0.462. The van der Waals surface area contributed by atoms with E-state index in [1.54, 1.807) is 0 Å². The quantitative estimate of drug-likeness (QED) is 0.777. The highest BCUT2D eigenvalue weighted by molar-refractivity contribution is 5.39. The molecule has 0 unspecified atom stereocenters. The zero-order valence-electron chi connectivity index (χ0n) is 9.98. The first kappa shape index (κ1) is 11.1. The number of pyridine rings is 1. The summed E-state index contributed by atoms with van der Waals surface area (Å²) in [5.41, 5.74) is 2.18. The number of hydrogen-bond acceptors (Lipinski definition) is 2. The fourth-order valence-corrected chi connectivity index (χ4v) is 1.71. The molecule has 0 aliphatic rings. The Balaban J connectivity index is 1.89. The second-order valence-electron chi connectivity index (χ2n) is 4.55. The molecule has 1 N–H and O–H groups in total. The minimum atomic E-state index is 0.709. The van der Waals surface area contributed by atoms with E-state index in [9.17, 15) is 0 Å². The topological polar surface area (TPSA) is 29.3 Å². The maximum absolute atomic E-state index is 4.55. The van der Waals surface area contributed by atoms with E-state index in [0.29, 0.717) is 5.92 Å². The third-order valence-electron chi connectivity index (χ3n) is 2.52. The first-order chi connectivity index (χ1) is 7.75. The minimum Gasteiger partial charge on any atom is -0.316 e. The van der Waals surface area contributed by atoms with Crippen LogP contribution in [0.3, 0.4) is 0 Å². The van der Waals surface area contributed by atoms with Gasteiger partial charge < -0.3 is 9.72 Å². The Labute approximate surface area is 96.5 Å². The number of aromatic nitrogens is 2. The highest BCUT2D eigenvalue weighted by Crippen LogP contribution is 2.04. The molecule has 2 aromatic rings. The molecule has 0 amide bonds. The maximum Gasteiger partial charge on any atom is 0.136 e. The van der Waals surface area contributed by atoms with E-state index < -0.39 is 0 Å². The predicted molar refractivity (Wildman–Crippen MR) is 66.6 cm³/mol. The van der Waals surface area contributed by atoms with Crippen LogP contribution in [0.1, 0.15) is 19.5 Å². The molecule has 3 heteroatoms. The molecule has 0 atom stereocenters. The van der Waals surface area contributed by atoms with Gasteiger partial charge in [-0.25, -0.2) is 4.98 Å². The van der Waals surface area contributed by atoms with Crippen molar-refractivity contribution in [3.8, 4) is 0 Å². The first-order valence-corrected chi connectivity index (χ1v) is 5.89. The summed E-state index contributed by atoms with van der Waals surface area (Å²) in [5.74, 6) is 0.709. The normalized spacial score (nSPS) is 11.4. The highest BCUT2D eigenvalue weighted by Gasteiger charge is 2.00. The lowest BCUT2D eigenvalue weighted by molar-refractivity contribution is 0.553. The van der Waals surface area contributed by atoms with E-state index in [-0.39, 0.29) is 0 Å². The number of nitrogens with one attached hydrogen (secondary N) is 1. The Morgan fingerprint density at radius 3 is 3.00 bits per heavy atom. The maximum atomic E-state index is 4.55. The van der Waals surface area contributed by atoms with Gasteiger partial charge in [0, 0.05) is 25.4 Å². The van der Waals surface area contributed by atoms with E-state index in [1.165, 1.54) is 0 Å². The number of rotatable bonds is 5. The van der Waals surface area contributed by atoms with Gasteiger partial charge in [0.05, 0.1) is 5.69 Å². The SMILES string of the molecule is CC(C)CNCCc1cn2ccccc2n1. The lowest BCUT2D eigenvalue weighted by Gasteiger charge is -2.05. The van der Waals surface area contributed by atoms with Gasteiger partial charge in [0.25, 0.3) is 0 Å². The summed E-state index contributed by atoms with van der Waals surface area (Å²) in [4.78, 5) is 4.55. The van der Waals surface area contributed by atoms with E-state index in [0.717, 1.165) is 30.9 Å². The molecule has 0 fully saturated rings. The summed E-state index contributed by atoms with van der Waals surface area (Å²) in [6.45, 7) is 6.52. The largest absolute Gasteiger partial charge is 0.316 e. The van der Waals surface area contributed by atoms with Crippen molar-refractivity contribution >= 4 is 5.65 Å². The second kappa shape index (κ2) is 5.12. The summed E-state index contributed by atoms with van der Waals surface area (Å²) >= 11 is 0. The van der Waals surface area contributed by atoms with Crippen molar-refractivity contribution in [2.45, 2.75) is 20.3 Å². The molecule has 2 aromatic heterocycles. The van der Waals surface area contributed by atoms with Crippen LogP contribution in [0.5, 0.6) is 0 Å². The van der Waals surface area contributed by atoms with Crippen LogP contribution in [-0.2, 0) is 6.42 Å². The van der Waals surface area contributed by atoms with Crippen LogP contribution >= 0.6 is 0 Å². The van der Waals surface area contributed by atoms with E-state index in [4.69, 9.17) is 0 Å². The summed E-state index contributed by atoms with van der Waals surface area (Å²) < 4.78 is 2.07. The van der Waals surface area contributed by atoms with Crippen LogP contribution in [0.25, 0.3) is 5.65 Å². The van der Waals surface area contributed by atoms with Crippen LogP contribution < -0.4 is 5.32 Å². The molecule has 0 bridgehead atoms. The molecular weight excluding hydrogens is 198 g/mol. The molecule has 0 radical (unpaired) electrons. The Hall–Kier alpha value is -1.35. The molecular formula is C13H19N3. The van der Waals surface area contributed by atoms with Crippen LogP contribution in [0.15, 0.2) is 30.6 Å². The van der Waals surface area contributed by atoms with Crippen molar-refractivity contribution in [2.24, 2.45) is 5.92 Å². The van der Waals surface area contributed by atoms with Gasteiger partial charge >= 0.3 is 0 Å². The summed E-state index contributed by atoms with van der Waals surface area (Å²) in [6.07, 6.45) is 5.13. The third-order valence-corrected chi connectivity index (χ3v) is 2.52. The zero-order valence-corrected chi connectivity index (χ0v) is 9.98. The van der Waals surface area contributed by atoms with Gasteiger partial charge in [0.15, 0.2) is 0 Å². The van der Waals surface area contributed by atoms with E-state index in [2.05, 4.69) is 34.7 Å². The number of hydrogen-bond donors (Lipinski definition) is 1. The fourth-order valence-electron chi connectivity index (χ4n) is 1.71. The zero-order chi connectivity index (χ0) is 11.4. The molecule has 2 rings (SSSR count). The lowest BCUT2D eigenvalue weighted by Crippen LogP contribution is -2.22. The average molecular weight is 217 g/mol. The number of fused-ring (bicyclic) bond motifs is 1. The molecule has 86 valence electrons. The predicted octanol–water partition coefficient (Wildman–Crippen LogP) is 2.12. The van der Waals surface area contributed by atoms with Crippen molar-refractivity contribution in [1.82, 2.24) is 14.7 Å². The van der Waals surface area contributed by atoms with Crippen molar-refractivity contribution in [2.75, 3.05) is 13.1 Å². The van der Waals surface area contributed by atoms with Gasteiger partial charge in [-0.2, -0.15) is 0 Å².